The SMILES string of the molecule is O=C(Nc1ccccc1)c1ccc(Nc2ccc(Cl)c(Cl)c2)nc1. The van der Waals surface area contributed by atoms with Crippen LogP contribution in [0.1, 0.15) is 10.4 Å². The van der Waals surface area contributed by atoms with Crippen molar-refractivity contribution in [2.45, 2.75) is 0 Å². The lowest BCUT2D eigenvalue weighted by Gasteiger charge is -2.08. The molecule has 0 saturated heterocycles. The minimum Gasteiger partial charge on any atom is -0.340 e. The van der Waals surface area contributed by atoms with E-state index in [4.69, 9.17) is 23.2 Å². The second-order valence-electron chi connectivity index (χ2n) is 5.01. The summed E-state index contributed by atoms with van der Waals surface area (Å²) in [5, 5.41) is 6.86. The summed E-state index contributed by atoms with van der Waals surface area (Å²) in [6.07, 6.45) is 1.51. The van der Waals surface area contributed by atoms with Gasteiger partial charge < -0.3 is 10.6 Å². The Labute approximate surface area is 149 Å². The Balaban J connectivity index is 1.68. The number of nitrogens with one attached hydrogen (secondary N) is 2. The van der Waals surface area contributed by atoms with Crippen LogP contribution < -0.4 is 10.6 Å². The molecule has 0 saturated carbocycles. The number of halogens is 2. The van der Waals surface area contributed by atoms with Crippen molar-refractivity contribution in [2.24, 2.45) is 0 Å². The Morgan fingerprint density at radius 3 is 2.33 bits per heavy atom. The first-order valence-corrected chi connectivity index (χ1v) is 7.92. The number of anilines is 3. The van der Waals surface area contributed by atoms with Gasteiger partial charge in [-0.25, -0.2) is 4.98 Å². The number of hydrogen-bond donors (Lipinski definition) is 2. The molecule has 1 heterocycles. The predicted octanol–water partition coefficient (Wildman–Crippen LogP) is 5.38. The molecule has 120 valence electrons. The highest BCUT2D eigenvalue weighted by molar-refractivity contribution is 6.42. The van der Waals surface area contributed by atoms with Gasteiger partial charge in [0.15, 0.2) is 0 Å². The lowest BCUT2D eigenvalue weighted by molar-refractivity contribution is 0.102. The van der Waals surface area contributed by atoms with Gasteiger partial charge in [-0.05, 0) is 42.5 Å². The van der Waals surface area contributed by atoms with Gasteiger partial charge in [0.2, 0.25) is 0 Å². The summed E-state index contributed by atoms with van der Waals surface area (Å²) < 4.78 is 0. The molecule has 0 spiro atoms. The smallest absolute Gasteiger partial charge is 0.257 e. The Morgan fingerprint density at radius 2 is 1.67 bits per heavy atom. The van der Waals surface area contributed by atoms with Crippen LogP contribution in [-0.2, 0) is 0 Å². The summed E-state index contributed by atoms with van der Waals surface area (Å²) >= 11 is 11.9. The first-order valence-electron chi connectivity index (χ1n) is 7.16. The fraction of sp³-hybridized carbons (Fsp3) is 0. The van der Waals surface area contributed by atoms with Gasteiger partial charge in [-0.3, -0.25) is 4.79 Å². The normalized spacial score (nSPS) is 10.2. The van der Waals surface area contributed by atoms with E-state index >= 15 is 0 Å². The highest BCUT2D eigenvalue weighted by Crippen LogP contribution is 2.26. The molecule has 2 aromatic carbocycles. The van der Waals surface area contributed by atoms with E-state index in [-0.39, 0.29) is 5.91 Å². The molecule has 1 aromatic heterocycles. The average Bonchev–Trinajstić information content (AvgIpc) is 2.60. The van der Waals surface area contributed by atoms with Gasteiger partial charge in [0.25, 0.3) is 5.91 Å². The number of nitrogens with zero attached hydrogens (tertiary/aromatic N) is 1. The quantitative estimate of drug-likeness (QED) is 0.658. The molecule has 0 aliphatic rings. The average molecular weight is 358 g/mol. The molecule has 2 N–H and O–H groups in total. The van der Waals surface area contributed by atoms with Crippen LogP contribution in [0.5, 0.6) is 0 Å². The fourth-order valence-corrected chi connectivity index (χ4v) is 2.35. The second kappa shape index (κ2) is 7.34. The minimum absolute atomic E-state index is 0.213. The molecule has 3 rings (SSSR count). The molecule has 24 heavy (non-hydrogen) atoms. The Morgan fingerprint density at radius 1 is 0.875 bits per heavy atom. The van der Waals surface area contributed by atoms with Gasteiger partial charge in [-0.2, -0.15) is 0 Å². The number of aromatic nitrogens is 1. The van der Waals surface area contributed by atoms with Crippen molar-refractivity contribution in [1.29, 1.82) is 0 Å². The van der Waals surface area contributed by atoms with Crippen molar-refractivity contribution in [2.75, 3.05) is 10.6 Å². The molecule has 0 atom stereocenters. The summed E-state index contributed by atoms with van der Waals surface area (Å²) in [6.45, 7) is 0. The van der Waals surface area contributed by atoms with Crippen LogP contribution in [0.4, 0.5) is 17.2 Å². The Bertz CT molecular complexity index is 852. The molecule has 3 aromatic rings. The molecule has 0 aliphatic carbocycles. The van der Waals surface area contributed by atoms with Crippen molar-refractivity contribution in [1.82, 2.24) is 4.98 Å². The second-order valence-corrected chi connectivity index (χ2v) is 5.82. The van der Waals surface area contributed by atoms with Gasteiger partial charge in [0.05, 0.1) is 15.6 Å². The third-order valence-electron chi connectivity index (χ3n) is 3.25. The number of pyridine rings is 1. The van der Waals surface area contributed by atoms with E-state index in [0.717, 1.165) is 11.4 Å². The maximum atomic E-state index is 12.2. The van der Waals surface area contributed by atoms with Crippen molar-refractivity contribution < 1.29 is 4.79 Å². The van der Waals surface area contributed by atoms with Crippen LogP contribution in [-0.4, -0.2) is 10.9 Å². The molecule has 6 heteroatoms. The third kappa shape index (κ3) is 4.04. The highest BCUT2D eigenvalue weighted by Gasteiger charge is 2.07. The monoisotopic (exact) mass is 357 g/mol. The van der Waals surface area contributed by atoms with Crippen molar-refractivity contribution in [3.05, 3.63) is 82.5 Å². The maximum Gasteiger partial charge on any atom is 0.257 e. The van der Waals surface area contributed by atoms with Crippen LogP contribution in [0.25, 0.3) is 0 Å². The van der Waals surface area contributed by atoms with E-state index in [0.29, 0.717) is 21.4 Å². The summed E-state index contributed by atoms with van der Waals surface area (Å²) in [7, 11) is 0. The number of rotatable bonds is 4. The zero-order valence-electron chi connectivity index (χ0n) is 12.5. The molecule has 1 amide bonds. The molecule has 0 fully saturated rings. The summed E-state index contributed by atoms with van der Waals surface area (Å²) in [5.74, 6) is 0.388. The van der Waals surface area contributed by atoms with Gasteiger partial charge in [0.1, 0.15) is 5.82 Å². The van der Waals surface area contributed by atoms with E-state index in [1.165, 1.54) is 6.20 Å². The van der Waals surface area contributed by atoms with Crippen LogP contribution >= 0.6 is 23.2 Å². The van der Waals surface area contributed by atoms with Crippen LogP contribution in [0, 0.1) is 0 Å². The lowest BCUT2D eigenvalue weighted by Crippen LogP contribution is -2.12. The summed E-state index contributed by atoms with van der Waals surface area (Å²) in [5.41, 5.74) is 1.97. The van der Waals surface area contributed by atoms with Gasteiger partial charge in [-0.15, -0.1) is 0 Å². The molecule has 0 unspecified atom stereocenters. The van der Waals surface area contributed by atoms with Crippen LogP contribution in [0.3, 0.4) is 0 Å². The summed E-state index contributed by atoms with van der Waals surface area (Å²) in [4.78, 5) is 16.4. The number of benzene rings is 2. The largest absolute Gasteiger partial charge is 0.340 e. The third-order valence-corrected chi connectivity index (χ3v) is 3.99. The van der Waals surface area contributed by atoms with Crippen molar-refractivity contribution in [3.8, 4) is 0 Å². The Hall–Kier alpha value is -2.56. The van der Waals surface area contributed by atoms with E-state index in [9.17, 15) is 4.79 Å². The zero-order chi connectivity index (χ0) is 16.9. The van der Waals surface area contributed by atoms with Crippen LogP contribution in [0.15, 0.2) is 66.9 Å². The van der Waals surface area contributed by atoms with E-state index in [1.807, 2.05) is 30.3 Å². The number of hydrogen-bond acceptors (Lipinski definition) is 3. The van der Waals surface area contributed by atoms with Crippen LogP contribution in [0.2, 0.25) is 10.0 Å². The van der Waals surface area contributed by atoms with Crippen molar-refractivity contribution >= 4 is 46.3 Å². The van der Waals surface area contributed by atoms with E-state index < -0.39 is 0 Å². The first-order chi connectivity index (χ1) is 11.6. The highest BCUT2D eigenvalue weighted by atomic mass is 35.5. The number of amides is 1. The zero-order valence-corrected chi connectivity index (χ0v) is 14.0. The number of para-hydroxylation sites is 1. The molecule has 0 aliphatic heterocycles. The Kier molecular flexibility index (Phi) is 4.99. The molecule has 0 bridgehead atoms. The van der Waals surface area contributed by atoms with Gasteiger partial charge >= 0.3 is 0 Å². The maximum absolute atomic E-state index is 12.2. The van der Waals surface area contributed by atoms with E-state index in [1.54, 1.807) is 30.3 Å². The first kappa shape index (κ1) is 16.3. The standard InChI is InChI=1S/C18H13Cl2N3O/c19-15-8-7-14(10-16(15)20)22-17-9-6-12(11-21-17)18(24)23-13-4-2-1-3-5-13/h1-11H,(H,21,22)(H,23,24). The molecular formula is C18H13Cl2N3O. The molecule has 0 radical (unpaired) electrons. The van der Waals surface area contributed by atoms with Gasteiger partial charge in [-0.1, -0.05) is 41.4 Å². The minimum atomic E-state index is -0.213. The summed E-state index contributed by atoms with van der Waals surface area (Å²) in [6, 6.07) is 17.9. The van der Waals surface area contributed by atoms with Crippen molar-refractivity contribution in [3.63, 3.8) is 0 Å². The topological polar surface area (TPSA) is 54.0 Å². The number of carbonyl (C=O) groups excluding carboxylic acids is 1. The molecular weight excluding hydrogens is 345 g/mol. The van der Waals surface area contributed by atoms with E-state index in [2.05, 4.69) is 15.6 Å². The predicted molar refractivity (Wildman–Crippen MR) is 98.4 cm³/mol. The number of carbonyl (C=O) groups is 1. The van der Waals surface area contributed by atoms with Gasteiger partial charge in [0, 0.05) is 17.6 Å². The molecule has 4 nitrogen and oxygen atoms in total. The lowest BCUT2D eigenvalue weighted by atomic mass is 10.2. The fourth-order valence-electron chi connectivity index (χ4n) is 2.05.